The maximum Gasteiger partial charge on any atom is 0.0816 e. The Morgan fingerprint density at radius 2 is 2.33 bits per heavy atom. The SMILES string of the molecule is C=C1C2C=CC(C2)C1O. The molecule has 0 spiro atoms. The summed E-state index contributed by atoms with van der Waals surface area (Å²) in [5.74, 6) is 0.882. The number of allylic oxidation sites excluding steroid dienone is 1. The molecule has 1 N–H and O–H groups in total. The van der Waals surface area contributed by atoms with Crippen LogP contribution >= 0.6 is 0 Å². The van der Waals surface area contributed by atoms with Gasteiger partial charge >= 0.3 is 0 Å². The van der Waals surface area contributed by atoms with Crippen molar-refractivity contribution in [3.05, 3.63) is 24.3 Å². The summed E-state index contributed by atoms with van der Waals surface area (Å²) in [6, 6.07) is 0. The largest absolute Gasteiger partial charge is 0.388 e. The molecule has 0 amide bonds. The quantitative estimate of drug-likeness (QED) is 0.477. The first kappa shape index (κ1) is 5.24. The van der Waals surface area contributed by atoms with Crippen LogP contribution in [0.25, 0.3) is 0 Å². The third-order valence-corrected chi connectivity index (χ3v) is 2.38. The van der Waals surface area contributed by atoms with Crippen LogP contribution in [0.4, 0.5) is 0 Å². The fraction of sp³-hybridized carbons (Fsp3) is 0.500. The van der Waals surface area contributed by atoms with Gasteiger partial charge in [0.2, 0.25) is 0 Å². The van der Waals surface area contributed by atoms with Crippen LogP contribution in [0.3, 0.4) is 0 Å². The molecule has 2 rings (SSSR count). The van der Waals surface area contributed by atoms with E-state index >= 15 is 0 Å². The molecule has 1 saturated carbocycles. The predicted molar refractivity (Wildman–Crippen MR) is 35.9 cm³/mol. The summed E-state index contributed by atoms with van der Waals surface area (Å²) in [4.78, 5) is 0. The molecule has 0 heterocycles. The summed E-state index contributed by atoms with van der Waals surface area (Å²) in [5.41, 5.74) is 1.02. The fourth-order valence-corrected chi connectivity index (χ4v) is 1.73. The maximum atomic E-state index is 9.34. The van der Waals surface area contributed by atoms with Crippen LogP contribution in [0.2, 0.25) is 0 Å². The van der Waals surface area contributed by atoms with E-state index in [1.807, 2.05) is 0 Å². The second-order valence-electron chi connectivity index (χ2n) is 2.91. The van der Waals surface area contributed by atoms with Crippen LogP contribution in [0.5, 0.6) is 0 Å². The van der Waals surface area contributed by atoms with Gasteiger partial charge in [0, 0.05) is 11.8 Å². The Kier molecular flexibility index (Phi) is 0.862. The Balaban J connectivity index is 2.36. The topological polar surface area (TPSA) is 20.2 Å². The third kappa shape index (κ3) is 0.527. The summed E-state index contributed by atoms with van der Waals surface area (Å²) in [7, 11) is 0. The molecule has 48 valence electrons. The number of fused-ring (bicyclic) bond motifs is 2. The molecular formula is C8H10O. The highest BCUT2D eigenvalue weighted by atomic mass is 16.3. The fourth-order valence-electron chi connectivity index (χ4n) is 1.73. The van der Waals surface area contributed by atoms with Crippen LogP contribution in [0.15, 0.2) is 24.3 Å². The zero-order valence-electron chi connectivity index (χ0n) is 5.25. The lowest BCUT2D eigenvalue weighted by atomic mass is 10.0. The van der Waals surface area contributed by atoms with Gasteiger partial charge in [-0.25, -0.2) is 0 Å². The molecule has 1 fully saturated rings. The van der Waals surface area contributed by atoms with Crippen molar-refractivity contribution in [2.24, 2.45) is 11.8 Å². The minimum Gasteiger partial charge on any atom is -0.388 e. The van der Waals surface area contributed by atoms with E-state index < -0.39 is 0 Å². The van der Waals surface area contributed by atoms with E-state index in [2.05, 4.69) is 18.7 Å². The van der Waals surface area contributed by atoms with Crippen molar-refractivity contribution in [2.45, 2.75) is 12.5 Å². The molecule has 9 heavy (non-hydrogen) atoms. The van der Waals surface area contributed by atoms with Gasteiger partial charge in [0.05, 0.1) is 6.10 Å². The molecule has 2 aliphatic rings. The number of rotatable bonds is 0. The lowest BCUT2D eigenvalue weighted by molar-refractivity contribution is 0.185. The summed E-state index contributed by atoms with van der Waals surface area (Å²) in [6.45, 7) is 3.82. The van der Waals surface area contributed by atoms with Crippen molar-refractivity contribution in [3.8, 4) is 0 Å². The van der Waals surface area contributed by atoms with Gasteiger partial charge in [-0.15, -0.1) is 0 Å². The molecule has 0 aliphatic heterocycles. The second-order valence-corrected chi connectivity index (χ2v) is 2.91. The van der Waals surface area contributed by atoms with Crippen LogP contribution < -0.4 is 0 Å². The van der Waals surface area contributed by atoms with Crippen LogP contribution in [-0.4, -0.2) is 11.2 Å². The van der Waals surface area contributed by atoms with Gasteiger partial charge in [-0.1, -0.05) is 18.7 Å². The summed E-state index contributed by atoms with van der Waals surface area (Å²) < 4.78 is 0. The standard InChI is InChI=1S/C8H10O/c1-5-6-2-3-7(4-6)8(5)9/h2-3,6-9H,1,4H2. The first-order valence-corrected chi connectivity index (χ1v) is 3.34. The zero-order chi connectivity index (χ0) is 6.43. The first-order valence-electron chi connectivity index (χ1n) is 3.34. The molecule has 3 unspecified atom stereocenters. The van der Waals surface area contributed by atoms with E-state index in [0.717, 1.165) is 12.0 Å². The van der Waals surface area contributed by atoms with E-state index in [-0.39, 0.29) is 6.10 Å². The molecule has 0 aromatic carbocycles. The highest BCUT2D eigenvalue weighted by Crippen LogP contribution is 2.41. The number of aliphatic hydroxyl groups is 1. The van der Waals surface area contributed by atoms with Crippen LogP contribution in [0.1, 0.15) is 6.42 Å². The minimum absolute atomic E-state index is 0.236. The van der Waals surface area contributed by atoms with Crippen molar-refractivity contribution >= 4 is 0 Å². The monoisotopic (exact) mass is 122 g/mol. The third-order valence-electron chi connectivity index (χ3n) is 2.38. The highest BCUT2D eigenvalue weighted by molar-refractivity contribution is 5.29. The second kappa shape index (κ2) is 1.48. The van der Waals surface area contributed by atoms with Gasteiger partial charge in [-0.2, -0.15) is 0 Å². The van der Waals surface area contributed by atoms with E-state index in [4.69, 9.17) is 0 Å². The maximum absolute atomic E-state index is 9.34. The molecule has 2 aliphatic carbocycles. The summed E-state index contributed by atoms with van der Waals surface area (Å²) >= 11 is 0. The van der Waals surface area contributed by atoms with Gasteiger partial charge in [0.15, 0.2) is 0 Å². The van der Waals surface area contributed by atoms with Crippen molar-refractivity contribution in [3.63, 3.8) is 0 Å². The summed E-state index contributed by atoms with van der Waals surface area (Å²) in [5, 5.41) is 9.34. The van der Waals surface area contributed by atoms with Gasteiger partial charge in [-0.05, 0) is 12.0 Å². The van der Waals surface area contributed by atoms with Crippen molar-refractivity contribution in [1.29, 1.82) is 0 Å². The molecule has 1 heteroatoms. The van der Waals surface area contributed by atoms with Crippen LogP contribution in [0, 0.1) is 11.8 Å². The van der Waals surface area contributed by atoms with E-state index in [9.17, 15) is 5.11 Å². The smallest absolute Gasteiger partial charge is 0.0816 e. The van der Waals surface area contributed by atoms with Gasteiger partial charge in [0.1, 0.15) is 0 Å². The van der Waals surface area contributed by atoms with Gasteiger partial charge in [0.25, 0.3) is 0 Å². The lowest BCUT2D eigenvalue weighted by Gasteiger charge is -2.12. The van der Waals surface area contributed by atoms with Crippen LogP contribution in [-0.2, 0) is 0 Å². The van der Waals surface area contributed by atoms with Crippen molar-refractivity contribution in [2.75, 3.05) is 0 Å². The molecule has 3 atom stereocenters. The highest BCUT2D eigenvalue weighted by Gasteiger charge is 2.37. The van der Waals surface area contributed by atoms with Crippen molar-refractivity contribution < 1.29 is 5.11 Å². The number of hydrogen-bond donors (Lipinski definition) is 1. The number of aliphatic hydroxyl groups excluding tert-OH is 1. The molecule has 0 aromatic rings. The minimum atomic E-state index is -0.236. The predicted octanol–water partition coefficient (Wildman–Crippen LogP) is 1.11. The Morgan fingerprint density at radius 3 is 2.67 bits per heavy atom. The Morgan fingerprint density at radius 1 is 1.56 bits per heavy atom. The first-order chi connectivity index (χ1) is 4.29. The molecule has 0 aromatic heterocycles. The Bertz CT molecular complexity index is 181. The molecule has 0 saturated heterocycles. The number of hydrogen-bond acceptors (Lipinski definition) is 1. The normalized spacial score (nSPS) is 46.8. The van der Waals surface area contributed by atoms with Gasteiger partial charge in [-0.3, -0.25) is 0 Å². The van der Waals surface area contributed by atoms with E-state index in [0.29, 0.717) is 11.8 Å². The van der Waals surface area contributed by atoms with E-state index in [1.165, 1.54) is 0 Å². The molecule has 1 nitrogen and oxygen atoms in total. The van der Waals surface area contributed by atoms with Gasteiger partial charge < -0.3 is 5.11 Å². The molecule has 2 bridgehead atoms. The lowest BCUT2D eigenvalue weighted by Crippen LogP contribution is -2.14. The Labute approximate surface area is 54.7 Å². The molecular weight excluding hydrogens is 112 g/mol. The van der Waals surface area contributed by atoms with Crippen molar-refractivity contribution in [1.82, 2.24) is 0 Å². The zero-order valence-corrected chi connectivity index (χ0v) is 5.25. The average Bonchev–Trinajstić information content (AvgIpc) is 2.37. The Hall–Kier alpha value is -0.560. The van der Waals surface area contributed by atoms with E-state index in [1.54, 1.807) is 0 Å². The summed E-state index contributed by atoms with van der Waals surface area (Å²) in [6.07, 6.45) is 5.11. The average molecular weight is 122 g/mol. The molecule has 0 radical (unpaired) electrons.